The van der Waals surface area contributed by atoms with Crippen molar-refractivity contribution in [2.75, 3.05) is 36.7 Å². The zero-order chi connectivity index (χ0) is 13.0. The second-order valence-electron chi connectivity index (χ2n) is 4.44. The first-order valence-electron chi connectivity index (χ1n) is 5.87. The third kappa shape index (κ3) is 3.44. The summed E-state index contributed by atoms with van der Waals surface area (Å²) in [6.45, 7) is 4.32. The van der Waals surface area contributed by atoms with E-state index in [1.54, 1.807) is 0 Å². The van der Waals surface area contributed by atoms with Crippen LogP contribution in [0.25, 0.3) is 0 Å². The van der Waals surface area contributed by atoms with Gasteiger partial charge in [0.1, 0.15) is 0 Å². The lowest BCUT2D eigenvalue weighted by Crippen LogP contribution is -2.31. The Balaban J connectivity index is 2.96. The summed E-state index contributed by atoms with van der Waals surface area (Å²) >= 11 is 0. The zero-order valence-electron chi connectivity index (χ0n) is 11.3. The number of nitrogen functional groups attached to an aromatic ring is 1. The van der Waals surface area contributed by atoms with Crippen molar-refractivity contribution >= 4 is 17.8 Å². The minimum atomic E-state index is 0.259. The third-order valence-corrected chi connectivity index (χ3v) is 2.71. The van der Waals surface area contributed by atoms with E-state index >= 15 is 0 Å². The quantitative estimate of drug-likeness (QED) is 0.829. The average molecular weight is 238 g/mol. The van der Waals surface area contributed by atoms with Crippen LogP contribution in [0.1, 0.15) is 26.7 Å². The van der Waals surface area contributed by atoms with Crippen LogP contribution in [0, 0.1) is 0 Å². The lowest BCUT2D eigenvalue weighted by atomic mass is 10.2. The van der Waals surface area contributed by atoms with Gasteiger partial charge in [0.25, 0.3) is 0 Å². The maximum atomic E-state index is 5.69. The molecule has 0 fully saturated rings. The first-order chi connectivity index (χ1) is 7.95. The molecule has 0 aliphatic heterocycles. The highest BCUT2D eigenvalue weighted by Crippen LogP contribution is 2.16. The summed E-state index contributed by atoms with van der Waals surface area (Å²) < 4.78 is 0. The van der Waals surface area contributed by atoms with E-state index in [0.717, 1.165) is 12.8 Å². The van der Waals surface area contributed by atoms with Gasteiger partial charge in [-0.3, -0.25) is 0 Å². The Morgan fingerprint density at radius 3 is 2.24 bits per heavy atom. The van der Waals surface area contributed by atoms with E-state index in [1.807, 2.05) is 30.9 Å². The van der Waals surface area contributed by atoms with E-state index in [9.17, 15) is 0 Å². The molecule has 1 atom stereocenters. The normalized spacial score (nSPS) is 12.3. The summed E-state index contributed by atoms with van der Waals surface area (Å²) in [6.07, 6.45) is 2.23. The summed E-state index contributed by atoms with van der Waals surface area (Å²) in [5.41, 5.74) is 5.69. The van der Waals surface area contributed by atoms with E-state index in [4.69, 9.17) is 5.73 Å². The van der Waals surface area contributed by atoms with Gasteiger partial charge in [-0.15, -0.1) is 0 Å². The number of hydrogen-bond acceptors (Lipinski definition) is 6. The van der Waals surface area contributed by atoms with Crippen LogP contribution in [0.5, 0.6) is 0 Å². The third-order valence-electron chi connectivity index (χ3n) is 2.71. The number of nitrogens with zero attached hydrogens (tertiary/aromatic N) is 5. The van der Waals surface area contributed by atoms with Crippen LogP contribution in [0.15, 0.2) is 0 Å². The molecule has 0 saturated carbocycles. The standard InChI is InChI=1S/C11H22N6/c1-6-7-8(2)17(5)11-14-9(12)13-10(15-11)16(3)4/h8H,6-7H2,1-5H3,(H2,12,13,14,15). The topological polar surface area (TPSA) is 71.2 Å². The van der Waals surface area contributed by atoms with Gasteiger partial charge in [-0.25, -0.2) is 0 Å². The van der Waals surface area contributed by atoms with Crippen molar-refractivity contribution in [3.8, 4) is 0 Å². The van der Waals surface area contributed by atoms with E-state index in [2.05, 4.69) is 28.8 Å². The van der Waals surface area contributed by atoms with E-state index in [0.29, 0.717) is 17.9 Å². The van der Waals surface area contributed by atoms with Gasteiger partial charge in [-0.05, 0) is 13.3 Å². The lowest BCUT2D eigenvalue weighted by molar-refractivity contribution is 0.604. The molecule has 1 rings (SSSR count). The van der Waals surface area contributed by atoms with Crippen molar-refractivity contribution in [2.45, 2.75) is 32.7 Å². The Morgan fingerprint density at radius 2 is 1.71 bits per heavy atom. The second-order valence-corrected chi connectivity index (χ2v) is 4.44. The Kier molecular flexibility index (Phi) is 4.48. The van der Waals surface area contributed by atoms with Crippen LogP contribution in [-0.4, -0.2) is 42.1 Å². The highest BCUT2D eigenvalue weighted by Gasteiger charge is 2.14. The number of aromatic nitrogens is 3. The molecule has 1 unspecified atom stereocenters. The molecule has 0 radical (unpaired) electrons. The first kappa shape index (κ1) is 13.5. The van der Waals surface area contributed by atoms with Crippen LogP contribution in [0.2, 0.25) is 0 Å². The molecule has 0 amide bonds. The van der Waals surface area contributed by atoms with Gasteiger partial charge in [0.05, 0.1) is 0 Å². The largest absolute Gasteiger partial charge is 0.368 e. The fourth-order valence-corrected chi connectivity index (χ4v) is 1.54. The molecule has 1 heterocycles. The molecular weight excluding hydrogens is 216 g/mol. The lowest BCUT2D eigenvalue weighted by Gasteiger charge is -2.25. The maximum absolute atomic E-state index is 5.69. The predicted octanol–water partition coefficient (Wildman–Crippen LogP) is 1.14. The van der Waals surface area contributed by atoms with E-state index in [-0.39, 0.29) is 5.95 Å². The molecule has 1 aromatic rings. The Bertz CT molecular complexity index is 365. The number of hydrogen-bond donors (Lipinski definition) is 1. The van der Waals surface area contributed by atoms with Crippen LogP contribution in [0.3, 0.4) is 0 Å². The summed E-state index contributed by atoms with van der Waals surface area (Å²) in [7, 11) is 5.75. The van der Waals surface area contributed by atoms with Gasteiger partial charge in [-0.2, -0.15) is 15.0 Å². The highest BCUT2D eigenvalue weighted by molar-refractivity contribution is 5.42. The summed E-state index contributed by atoms with van der Waals surface area (Å²) in [6, 6.07) is 0.386. The number of rotatable bonds is 5. The van der Waals surface area contributed by atoms with Gasteiger partial charge in [0.2, 0.25) is 17.8 Å². The fourth-order valence-electron chi connectivity index (χ4n) is 1.54. The highest BCUT2D eigenvalue weighted by atomic mass is 15.3. The van der Waals surface area contributed by atoms with Crippen molar-refractivity contribution in [3.63, 3.8) is 0 Å². The molecule has 0 bridgehead atoms. The Labute approximate surface area is 103 Å². The summed E-state index contributed by atoms with van der Waals surface area (Å²) in [4.78, 5) is 16.5. The van der Waals surface area contributed by atoms with Crippen LogP contribution in [0.4, 0.5) is 17.8 Å². The SMILES string of the molecule is CCCC(C)N(C)c1nc(N)nc(N(C)C)n1. The number of nitrogens with two attached hydrogens (primary N) is 1. The molecular formula is C11H22N6. The molecule has 6 heteroatoms. The van der Waals surface area contributed by atoms with Crippen LogP contribution >= 0.6 is 0 Å². The maximum Gasteiger partial charge on any atom is 0.231 e. The van der Waals surface area contributed by atoms with Crippen LogP contribution < -0.4 is 15.5 Å². The van der Waals surface area contributed by atoms with Crippen molar-refractivity contribution < 1.29 is 0 Å². The van der Waals surface area contributed by atoms with Gasteiger partial charge < -0.3 is 15.5 Å². The molecule has 0 aliphatic rings. The van der Waals surface area contributed by atoms with Crippen molar-refractivity contribution in [1.29, 1.82) is 0 Å². The second kappa shape index (κ2) is 5.65. The van der Waals surface area contributed by atoms with Crippen molar-refractivity contribution in [3.05, 3.63) is 0 Å². The smallest absolute Gasteiger partial charge is 0.231 e. The molecule has 0 aromatic carbocycles. The molecule has 0 spiro atoms. The van der Waals surface area contributed by atoms with Gasteiger partial charge >= 0.3 is 0 Å². The molecule has 17 heavy (non-hydrogen) atoms. The molecule has 96 valence electrons. The minimum absolute atomic E-state index is 0.259. The van der Waals surface area contributed by atoms with Crippen molar-refractivity contribution in [1.82, 2.24) is 15.0 Å². The fraction of sp³-hybridized carbons (Fsp3) is 0.727. The van der Waals surface area contributed by atoms with Gasteiger partial charge in [-0.1, -0.05) is 13.3 Å². The Morgan fingerprint density at radius 1 is 1.12 bits per heavy atom. The molecule has 0 aliphatic carbocycles. The summed E-state index contributed by atoms with van der Waals surface area (Å²) in [5.74, 6) is 1.47. The Hall–Kier alpha value is -1.59. The van der Waals surface area contributed by atoms with Gasteiger partial charge in [0, 0.05) is 27.2 Å². The zero-order valence-corrected chi connectivity index (χ0v) is 11.3. The molecule has 2 N–H and O–H groups in total. The van der Waals surface area contributed by atoms with E-state index < -0.39 is 0 Å². The monoisotopic (exact) mass is 238 g/mol. The molecule has 0 saturated heterocycles. The van der Waals surface area contributed by atoms with E-state index in [1.165, 1.54) is 0 Å². The summed E-state index contributed by atoms with van der Waals surface area (Å²) in [5, 5.41) is 0. The van der Waals surface area contributed by atoms with Crippen molar-refractivity contribution in [2.24, 2.45) is 0 Å². The first-order valence-corrected chi connectivity index (χ1v) is 5.87. The number of anilines is 3. The van der Waals surface area contributed by atoms with Gasteiger partial charge in [0.15, 0.2) is 0 Å². The molecule has 1 aromatic heterocycles. The predicted molar refractivity (Wildman–Crippen MR) is 71.3 cm³/mol. The minimum Gasteiger partial charge on any atom is -0.368 e. The average Bonchev–Trinajstić information content (AvgIpc) is 2.27. The molecule has 6 nitrogen and oxygen atoms in total. The van der Waals surface area contributed by atoms with Crippen LogP contribution in [-0.2, 0) is 0 Å².